The van der Waals surface area contributed by atoms with Crippen LogP contribution in [0.3, 0.4) is 0 Å². The summed E-state index contributed by atoms with van der Waals surface area (Å²) in [6.07, 6.45) is 2.73. The van der Waals surface area contributed by atoms with Gasteiger partial charge in [0.25, 0.3) is 0 Å². The first-order chi connectivity index (χ1) is 6.95. The lowest BCUT2D eigenvalue weighted by Gasteiger charge is -2.00. The van der Waals surface area contributed by atoms with E-state index in [9.17, 15) is 0 Å². The number of rotatable bonds is 1. The molecule has 0 aromatic carbocycles. The first-order valence-electron chi connectivity index (χ1n) is 4.90. The first kappa shape index (κ1) is 7.49. The summed E-state index contributed by atoms with van der Waals surface area (Å²) >= 11 is 3.75. The maximum absolute atomic E-state index is 2.54. The van der Waals surface area contributed by atoms with Crippen LogP contribution in [0.2, 0.25) is 0 Å². The van der Waals surface area contributed by atoms with Crippen molar-refractivity contribution in [3.05, 3.63) is 22.9 Å². The highest BCUT2D eigenvalue weighted by atomic mass is 32.1. The van der Waals surface area contributed by atoms with E-state index >= 15 is 0 Å². The molecular weight excluding hydrogens is 210 g/mol. The summed E-state index contributed by atoms with van der Waals surface area (Å²) in [5, 5.41) is 4.42. The Morgan fingerprint density at radius 1 is 1.00 bits per heavy atom. The number of thiophene rings is 2. The van der Waals surface area contributed by atoms with Gasteiger partial charge in [0.15, 0.2) is 0 Å². The molecule has 0 bridgehead atoms. The monoisotopic (exact) mass is 219 g/mol. The van der Waals surface area contributed by atoms with E-state index in [0.717, 1.165) is 6.04 Å². The lowest BCUT2D eigenvalue weighted by Crippen LogP contribution is -1.90. The van der Waals surface area contributed by atoms with Gasteiger partial charge in [0, 0.05) is 6.04 Å². The number of nitrogens with zero attached hydrogens (tertiary/aromatic N) is 1. The normalized spacial score (nSPS) is 17.1. The zero-order chi connectivity index (χ0) is 9.12. The Morgan fingerprint density at radius 3 is 2.07 bits per heavy atom. The van der Waals surface area contributed by atoms with Crippen molar-refractivity contribution in [3.8, 4) is 0 Å². The molecule has 3 heteroatoms. The van der Waals surface area contributed by atoms with Crippen LogP contribution in [-0.2, 0) is 0 Å². The van der Waals surface area contributed by atoms with Crippen LogP contribution < -0.4 is 0 Å². The van der Waals surface area contributed by atoms with E-state index in [2.05, 4.69) is 27.5 Å². The highest BCUT2D eigenvalue weighted by Gasteiger charge is 2.27. The Balaban J connectivity index is 2.28. The van der Waals surface area contributed by atoms with Gasteiger partial charge in [-0.1, -0.05) is 0 Å². The molecule has 0 aliphatic heterocycles. The van der Waals surface area contributed by atoms with E-state index in [1.54, 1.807) is 0 Å². The molecule has 3 aromatic rings. The van der Waals surface area contributed by atoms with Crippen LogP contribution in [0, 0.1) is 0 Å². The van der Waals surface area contributed by atoms with Crippen LogP contribution in [0.25, 0.3) is 20.4 Å². The van der Waals surface area contributed by atoms with Crippen LogP contribution in [0.5, 0.6) is 0 Å². The number of hydrogen-bond acceptors (Lipinski definition) is 2. The summed E-state index contributed by atoms with van der Waals surface area (Å²) in [6.45, 7) is 0. The molecule has 70 valence electrons. The molecule has 0 radical (unpaired) electrons. The highest BCUT2D eigenvalue weighted by molar-refractivity contribution is 7.25. The average molecular weight is 219 g/mol. The summed E-state index contributed by atoms with van der Waals surface area (Å²) < 4.78 is 5.52. The highest BCUT2D eigenvalue weighted by Crippen LogP contribution is 2.45. The predicted molar refractivity (Wildman–Crippen MR) is 63.5 cm³/mol. The molecule has 0 spiro atoms. The van der Waals surface area contributed by atoms with Gasteiger partial charge in [0.2, 0.25) is 0 Å². The largest absolute Gasteiger partial charge is 0.336 e. The molecule has 0 atom stereocenters. The number of fused-ring (bicyclic) bond motifs is 3. The minimum absolute atomic E-state index is 0.791. The van der Waals surface area contributed by atoms with Crippen molar-refractivity contribution in [2.24, 2.45) is 0 Å². The van der Waals surface area contributed by atoms with E-state index in [4.69, 9.17) is 0 Å². The summed E-state index contributed by atoms with van der Waals surface area (Å²) in [6, 6.07) is 5.33. The van der Waals surface area contributed by atoms with E-state index in [1.165, 1.54) is 33.3 Å². The molecule has 1 saturated carbocycles. The van der Waals surface area contributed by atoms with Crippen molar-refractivity contribution in [1.29, 1.82) is 0 Å². The first-order valence-corrected chi connectivity index (χ1v) is 6.65. The summed E-state index contributed by atoms with van der Waals surface area (Å²) in [5.41, 5.74) is 2.92. The van der Waals surface area contributed by atoms with Crippen LogP contribution in [0.4, 0.5) is 0 Å². The van der Waals surface area contributed by atoms with Gasteiger partial charge in [-0.3, -0.25) is 0 Å². The number of hydrogen-bond donors (Lipinski definition) is 0. The van der Waals surface area contributed by atoms with Crippen LogP contribution in [-0.4, -0.2) is 4.57 Å². The van der Waals surface area contributed by atoms with Gasteiger partial charge < -0.3 is 4.57 Å². The molecule has 0 unspecified atom stereocenters. The zero-order valence-electron chi connectivity index (χ0n) is 7.56. The lowest BCUT2D eigenvalue weighted by atomic mass is 10.5. The van der Waals surface area contributed by atoms with Crippen LogP contribution in [0.15, 0.2) is 22.9 Å². The second kappa shape index (κ2) is 2.41. The minimum atomic E-state index is 0.791. The van der Waals surface area contributed by atoms with Gasteiger partial charge in [0.1, 0.15) is 0 Å². The molecular formula is C11H9NS2. The standard InChI is InChI=1S/C11H9NS2/c1-2-7(1)12-8-3-5-13-10(8)11-9(12)4-6-14-11/h3-7H,1-2H2. The van der Waals surface area contributed by atoms with Crippen molar-refractivity contribution >= 4 is 43.1 Å². The van der Waals surface area contributed by atoms with E-state index < -0.39 is 0 Å². The van der Waals surface area contributed by atoms with Crippen molar-refractivity contribution in [2.45, 2.75) is 18.9 Å². The third-order valence-electron chi connectivity index (χ3n) is 2.93. The van der Waals surface area contributed by atoms with Gasteiger partial charge in [-0.2, -0.15) is 0 Å². The fourth-order valence-electron chi connectivity index (χ4n) is 2.18. The molecule has 3 aromatic heterocycles. The molecule has 1 fully saturated rings. The lowest BCUT2D eigenvalue weighted by molar-refractivity contribution is 0.806. The molecule has 0 saturated heterocycles. The molecule has 1 aliphatic carbocycles. The minimum Gasteiger partial charge on any atom is -0.336 e. The Kier molecular flexibility index (Phi) is 1.29. The van der Waals surface area contributed by atoms with Crippen LogP contribution in [0.1, 0.15) is 18.9 Å². The Labute approximate surface area is 89.6 Å². The predicted octanol–water partition coefficient (Wildman–Crippen LogP) is 4.25. The molecule has 0 amide bonds. The second-order valence-corrected chi connectivity index (χ2v) is 5.70. The molecule has 4 rings (SSSR count). The van der Waals surface area contributed by atoms with Crippen molar-refractivity contribution in [3.63, 3.8) is 0 Å². The van der Waals surface area contributed by atoms with Gasteiger partial charge >= 0.3 is 0 Å². The van der Waals surface area contributed by atoms with E-state index in [1.807, 2.05) is 22.7 Å². The third-order valence-corrected chi connectivity index (χ3v) is 4.90. The molecule has 14 heavy (non-hydrogen) atoms. The Morgan fingerprint density at radius 2 is 1.57 bits per heavy atom. The molecule has 1 nitrogen and oxygen atoms in total. The second-order valence-electron chi connectivity index (χ2n) is 3.87. The smallest absolute Gasteiger partial charge is 0.0700 e. The Hall–Kier alpha value is -0.800. The fraction of sp³-hybridized carbons (Fsp3) is 0.273. The summed E-state index contributed by atoms with van der Waals surface area (Å²) in [7, 11) is 0. The van der Waals surface area contributed by atoms with Gasteiger partial charge in [-0.15, -0.1) is 22.7 Å². The maximum Gasteiger partial charge on any atom is 0.0700 e. The summed E-state index contributed by atoms with van der Waals surface area (Å²) in [4.78, 5) is 0. The quantitative estimate of drug-likeness (QED) is 0.576. The van der Waals surface area contributed by atoms with Gasteiger partial charge in [-0.25, -0.2) is 0 Å². The molecule has 1 aliphatic rings. The fourth-order valence-corrected chi connectivity index (χ4v) is 4.13. The molecule has 3 heterocycles. The molecule has 0 N–H and O–H groups in total. The summed E-state index contributed by atoms with van der Waals surface area (Å²) in [5.74, 6) is 0. The van der Waals surface area contributed by atoms with Crippen molar-refractivity contribution in [2.75, 3.05) is 0 Å². The van der Waals surface area contributed by atoms with Gasteiger partial charge in [-0.05, 0) is 35.7 Å². The van der Waals surface area contributed by atoms with E-state index in [0.29, 0.717) is 0 Å². The zero-order valence-corrected chi connectivity index (χ0v) is 9.20. The van der Waals surface area contributed by atoms with Gasteiger partial charge in [0.05, 0.1) is 20.4 Å². The van der Waals surface area contributed by atoms with Crippen molar-refractivity contribution < 1.29 is 0 Å². The van der Waals surface area contributed by atoms with Crippen LogP contribution >= 0.6 is 22.7 Å². The van der Waals surface area contributed by atoms with Crippen molar-refractivity contribution in [1.82, 2.24) is 4.57 Å². The maximum atomic E-state index is 2.54. The topological polar surface area (TPSA) is 4.93 Å². The Bertz CT molecular complexity index is 561. The number of aromatic nitrogens is 1. The third kappa shape index (κ3) is 0.799. The van der Waals surface area contributed by atoms with E-state index in [-0.39, 0.29) is 0 Å². The average Bonchev–Trinajstić information content (AvgIpc) is 2.61. The SMILES string of the molecule is c1cc2c(s1)c1sccc1n2C1CC1.